The molecule has 0 radical (unpaired) electrons. The van der Waals surface area contributed by atoms with Crippen molar-refractivity contribution in [3.05, 3.63) is 29.3 Å². The molecular weight excluding hydrogens is 192 g/mol. The number of rotatable bonds is 3. The first-order valence-electron chi connectivity index (χ1n) is 4.77. The maximum Gasteiger partial charge on any atom is 0.104 e. The Labute approximate surface area is 87.7 Å². The van der Waals surface area contributed by atoms with Crippen LogP contribution in [-0.2, 0) is 20.1 Å². The molecule has 0 aliphatic rings. The lowest BCUT2D eigenvalue weighted by Gasteiger charge is -1.95. The van der Waals surface area contributed by atoms with E-state index >= 15 is 0 Å². The Balaban J connectivity index is 2.17. The Hall–Kier alpha value is -1.69. The second-order valence-electron chi connectivity index (χ2n) is 3.53. The van der Waals surface area contributed by atoms with Gasteiger partial charge in [-0.15, -0.1) is 5.10 Å². The van der Waals surface area contributed by atoms with E-state index < -0.39 is 0 Å². The number of aromatic nitrogens is 5. The van der Waals surface area contributed by atoms with Gasteiger partial charge < -0.3 is 5.73 Å². The number of hydrogen-bond donors (Lipinski definition) is 1. The van der Waals surface area contributed by atoms with Crippen molar-refractivity contribution in [2.45, 2.75) is 20.0 Å². The van der Waals surface area contributed by atoms with E-state index in [0.717, 1.165) is 17.0 Å². The lowest BCUT2D eigenvalue weighted by molar-refractivity contribution is 0.661. The van der Waals surface area contributed by atoms with Crippen molar-refractivity contribution in [3.8, 4) is 0 Å². The second kappa shape index (κ2) is 3.82. The largest absolute Gasteiger partial charge is 0.326 e. The van der Waals surface area contributed by atoms with E-state index in [2.05, 4.69) is 15.4 Å². The second-order valence-corrected chi connectivity index (χ2v) is 3.53. The number of nitrogens with zero attached hydrogens (tertiary/aromatic N) is 5. The quantitative estimate of drug-likeness (QED) is 0.756. The number of nitrogens with two attached hydrogens (primary N) is 1. The summed E-state index contributed by atoms with van der Waals surface area (Å²) in [6.07, 6.45) is 3.82. The van der Waals surface area contributed by atoms with Crippen molar-refractivity contribution in [2.24, 2.45) is 12.8 Å². The van der Waals surface area contributed by atoms with Crippen LogP contribution in [-0.4, -0.2) is 24.8 Å². The molecule has 6 heteroatoms. The SMILES string of the molecule is Cc1nn(Cc2cn(C)nn2)cc1CN. The van der Waals surface area contributed by atoms with Crippen LogP contribution in [0.2, 0.25) is 0 Å². The maximum absolute atomic E-state index is 5.58. The molecule has 0 amide bonds. The molecular formula is C9H14N6. The third-order valence-electron chi connectivity index (χ3n) is 2.24. The number of hydrogen-bond acceptors (Lipinski definition) is 4. The smallest absolute Gasteiger partial charge is 0.104 e. The van der Waals surface area contributed by atoms with Gasteiger partial charge in [0, 0.05) is 31.5 Å². The summed E-state index contributed by atoms with van der Waals surface area (Å²) in [5.41, 5.74) is 8.51. The molecule has 2 aromatic heterocycles. The van der Waals surface area contributed by atoms with Gasteiger partial charge in [-0.2, -0.15) is 5.10 Å². The van der Waals surface area contributed by atoms with Crippen LogP contribution >= 0.6 is 0 Å². The molecule has 15 heavy (non-hydrogen) atoms. The third kappa shape index (κ3) is 2.04. The first-order chi connectivity index (χ1) is 7.19. The molecule has 0 atom stereocenters. The van der Waals surface area contributed by atoms with E-state index in [4.69, 9.17) is 5.73 Å². The molecule has 0 spiro atoms. The average molecular weight is 206 g/mol. The summed E-state index contributed by atoms with van der Waals surface area (Å²) >= 11 is 0. The Bertz CT molecular complexity index is 455. The lowest BCUT2D eigenvalue weighted by atomic mass is 10.3. The van der Waals surface area contributed by atoms with E-state index in [1.54, 1.807) is 4.68 Å². The molecule has 2 aromatic rings. The summed E-state index contributed by atoms with van der Waals surface area (Å²) < 4.78 is 3.51. The molecule has 0 aliphatic carbocycles. The predicted molar refractivity (Wildman–Crippen MR) is 55.0 cm³/mol. The van der Waals surface area contributed by atoms with Crippen LogP contribution in [0.15, 0.2) is 12.4 Å². The highest BCUT2D eigenvalue weighted by molar-refractivity contribution is 5.15. The van der Waals surface area contributed by atoms with Crippen LogP contribution in [0.4, 0.5) is 0 Å². The van der Waals surface area contributed by atoms with Gasteiger partial charge in [0.25, 0.3) is 0 Å². The summed E-state index contributed by atoms with van der Waals surface area (Å²) in [6.45, 7) is 3.11. The van der Waals surface area contributed by atoms with Gasteiger partial charge in [-0.1, -0.05) is 5.21 Å². The predicted octanol–water partition coefficient (Wildman–Crippen LogP) is -0.173. The molecule has 0 unspecified atom stereocenters. The highest BCUT2D eigenvalue weighted by atomic mass is 15.4. The summed E-state index contributed by atoms with van der Waals surface area (Å²) in [7, 11) is 1.84. The Kier molecular flexibility index (Phi) is 2.51. The van der Waals surface area contributed by atoms with Gasteiger partial charge in [0.15, 0.2) is 0 Å². The molecule has 0 saturated heterocycles. The summed E-state index contributed by atoms with van der Waals surface area (Å²) in [5.74, 6) is 0. The van der Waals surface area contributed by atoms with Gasteiger partial charge in [-0.05, 0) is 6.92 Å². The minimum absolute atomic E-state index is 0.520. The zero-order valence-electron chi connectivity index (χ0n) is 8.88. The Morgan fingerprint density at radius 1 is 1.40 bits per heavy atom. The van der Waals surface area contributed by atoms with Crippen molar-refractivity contribution in [2.75, 3.05) is 0 Å². The minimum Gasteiger partial charge on any atom is -0.326 e. The molecule has 2 N–H and O–H groups in total. The highest BCUT2D eigenvalue weighted by Gasteiger charge is 2.05. The van der Waals surface area contributed by atoms with Gasteiger partial charge in [-0.25, -0.2) is 0 Å². The summed E-state index contributed by atoms with van der Waals surface area (Å²) in [4.78, 5) is 0. The topological polar surface area (TPSA) is 74.5 Å². The van der Waals surface area contributed by atoms with E-state index in [1.165, 1.54) is 0 Å². The average Bonchev–Trinajstić information content (AvgIpc) is 2.73. The first kappa shape index (κ1) is 9.85. The summed E-state index contributed by atoms with van der Waals surface area (Å²) in [6, 6.07) is 0. The fraction of sp³-hybridized carbons (Fsp3) is 0.444. The molecule has 0 aliphatic heterocycles. The zero-order chi connectivity index (χ0) is 10.8. The highest BCUT2D eigenvalue weighted by Crippen LogP contribution is 2.05. The molecule has 0 saturated carbocycles. The van der Waals surface area contributed by atoms with Gasteiger partial charge in [0.2, 0.25) is 0 Å². The normalized spacial score (nSPS) is 10.9. The van der Waals surface area contributed by atoms with Crippen molar-refractivity contribution in [1.29, 1.82) is 0 Å². The molecule has 6 nitrogen and oxygen atoms in total. The van der Waals surface area contributed by atoms with E-state index in [-0.39, 0.29) is 0 Å². The molecule has 80 valence electrons. The van der Waals surface area contributed by atoms with E-state index in [9.17, 15) is 0 Å². The van der Waals surface area contributed by atoms with Gasteiger partial charge >= 0.3 is 0 Å². The van der Waals surface area contributed by atoms with Crippen LogP contribution in [0.25, 0.3) is 0 Å². The van der Waals surface area contributed by atoms with Gasteiger partial charge in [-0.3, -0.25) is 9.36 Å². The monoisotopic (exact) mass is 206 g/mol. The molecule has 0 fully saturated rings. The molecule has 2 rings (SSSR count). The molecule has 2 heterocycles. The van der Waals surface area contributed by atoms with E-state index in [0.29, 0.717) is 13.1 Å². The Morgan fingerprint density at radius 2 is 2.20 bits per heavy atom. The van der Waals surface area contributed by atoms with Crippen LogP contribution < -0.4 is 5.73 Å². The Morgan fingerprint density at radius 3 is 2.73 bits per heavy atom. The van der Waals surface area contributed by atoms with Crippen molar-refractivity contribution in [3.63, 3.8) is 0 Å². The number of aryl methyl sites for hydroxylation is 2. The van der Waals surface area contributed by atoms with Crippen LogP contribution in [0.3, 0.4) is 0 Å². The summed E-state index contributed by atoms with van der Waals surface area (Å²) in [5, 5.41) is 12.2. The van der Waals surface area contributed by atoms with Gasteiger partial charge in [0.1, 0.15) is 5.69 Å². The fourth-order valence-corrected chi connectivity index (χ4v) is 1.47. The van der Waals surface area contributed by atoms with Crippen molar-refractivity contribution < 1.29 is 0 Å². The third-order valence-corrected chi connectivity index (χ3v) is 2.24. The van der Waals surface area contributed by atoms with Crippen LogP contribution in [0.1, 0.15) is 17.0 Å². The van der Waals surface area contributed by atoms with Gasteiger partial charge in [0.05, 0.1) is 12.2 Å². The van der Waals surface area contributed by atoms with Crippen LogP contribution in [0.5, 0.6) is 0 Å². The van der Waals surface area contributed by atoms with Crippen molar-refractivity contribution >= 4 is 0 Å². The van der Waals surface area contributed by atoms with Crippen molar-refractivity contribution in [1.82, 2.24) is 24.8 Å². The first-order valence-corrected chi connectivity index (χ1v) is 4.77. The van der Waals surface area contributed by atoms with Crippen LogP contribution in [0, 0.1) is 6.92 Å². The standard InChI is InChI=1S/C9H14N6/c1-7-8(3-10)4-15(12-7)6-9-5-14(2)13-11-9/h4-5H,3,6,10H2,1-2H3. The molecule has 0 aromatic carbocycles. The van der Waals surface area contributed by atoms with E-state index in [1.807, 2.05) is 31.0 Å². The maximum atomic E-state index is 5.58. The fourth-order valence-electron chi connectivity index (χ4n) is 1.47. The lowest BCUT2D eigenvalue weighted by Crippen LogP contribution is -2.00. The minimum atomic E-state index is 0.520. The molecule has 0 bridgehead atoms. The zero-order valence-corrected chi connectivity index (χ0v) is 8.88.